The van der Waals surface area contributed by atoms with E-state index in [1.54, 1.807) is 36.1 Å². The van der Waals surface area contributed by atoms with Gasteiger partial charge in [-0.1, -0.05) is 30.3 Å². The molecule has 1 aromatic heterocycles. The van der Waals surface area contributed by atoms with Crippen LogP contribution in [0.15, 0.2) is 61.2 Å². The molecule has 2 aromatic carbocycles. The number of rotatable bonds is 10. The van der Waals surface area contributed by atoms with Crippen molar-refractivity contribution in [2.24, 2.45) is 0 Å². The molecule has 0 saturated carbocycles. The van der Waals surface area contributed by atoms with Gasteiger partial charge in [0.25, 0.3) is 0 Å². The van der Waals surface area contributed by atoms with Crippen LogP contribution in [0.1, 0.15) is 23.6 Å². The molecule has 0 fully saturated rings. The normalized spacial score (nSPS) is 11.1. The summed E-state index contributed by atoms with van der Waals surface area (Å²) < 4.78 is 36.4. The molecule has 0 radical (unpaired) electrons. The summed E-state index contributed by atoms with van der Waals surface area (Å²) in [6, 6.07) is 12.3. The number of hydrogen-bond donors (Lipinski definition) is 1. The number of carbonyl (C=O) groups excluding carboxylic acids is 1. The average molecular weight is 428 g/mol. The van der Waals surface area contributed by atoms with Gasteiger partial charge in [0.2, 0.25) is 5.91 Å². The molecule has 0 bridgehead atoms. The number of hydrogen-bond acceptors (Lipinski definition) is 5. The second-order valence-corrected chi connectivity index (χ2v) is 6.48. The highest BCUT2D eigenvalue weighted by atomic mass is 19.3. The Labute approximate surface area is 178 Å². The first-order valence-corrected chi connectivity index (χ1v) is 9.61. The van der Waals surface area contributed by atoms with Crippen LogP contribution in [-0.2, 0) is 17.9 Å². The standard InChI is InChI=1S/C22H22F2N4O3/c1-2-30-20-11-16(7-9-19(20)31-22(23)24)8-10-21(29)26-12-17-3-5-18(6-4-17)13-28-15-25-14-27-28/h3-11,14-15,22H,2,12-13H2,1H3,(H,26,29)/b10-8+. The second-order valence-electron chi connectivity index (χ2n) is 6.48. The molecule has 1 N–H and O–H groups in total. The number of aromatic nitrogens is 3. The SMILES string of the molecule is CCOc1cc(/C=C/C(=O)NCc2ccc(Cn3cncn3)cc2)ccc1OC(F)F. The van der Waals surface area contributed by atoms with Crippen LogP contribution in [0.25, 0.3) is 6.08 Å². The molecule has 0 unspecified atom stereocenters. The van der Waals surface area contributed by atoms with Crippen molar-refractivity contribution in [3.05, 3.63) is 77.9 Å². The fourth-order valence-electron chi connectivity index (χ4n) is 2.77. The lowest BCUT2D eigenvalue weighted by Crippen LogP contribution is -2.20. The highest BCUT2D eigenvalue weighted by Crippen LogP contribution is 2.30. The van der Waals surface area contributed by atoms with Gasteiger partial charge in [-0.15, -0.1) is 0 Å². The van der Waals surface area contributed by atoms with E-state index in [1.807, 2.05) is 24.3 Å². The monoisotopic (exact) mass is 428 g/mol. The molecule has 31 heavy (non-hydrogen) atoms. The van der Waals surface area contributed by atoms with Crippen LogP contribution in [0.2, 0.25) is 0 Å². The minimum atomic E-state index is -2.94. The molecule has 0 atom stereocenters. The highest BCUT2D eigenvalue weighted by molar-refractivity contribution is 5.91. The van der Waals surface area contributed by atoms with E-state index in [1.165, 1.54) is 18.5 Å². The second kappa shape index (κ2) is 10.9. The van der Waals surface area contributed by atoms with E-state index in [0.29, 0.717) is 25.3 Å². The number of ether oxygens (including phenoxy) is 2. The van der Waals surface area contributed by atoms with E-state index in [9.17, 15) is 13.6 Å². The first-order chi connectivity index (χ1) is 15.0. The Morgan fingerprint density at radius 1 is 1.16 bits per heavy atom. The summed E-state index contributed by atoms with van der Waals surface area (Å²) in [5, 5.41) is 6.87. The zero-order valence-corrected chi connectivity index (χ0v) is 16.9. The number of benzene rings is 2. The van der Waals surface area contributed by atoms with E-state index < -0.39 is 6.61 Å². The van der Waals surface area contributed by atoms with Crippen molar-refractivity contribution in [3.8, 4) is 11.5 Å². The Hall–Kier alpha value is -3.75. The zero-order chi connectivity index (χ0) is 22.1. The maximum absolute atomic E-state index is 12.5. The molecule has 3 rings (SSSR count). The summed E-state index contributed by atoms with van der Waals surface area (Å²) in [5.74, 6) is -0.139. The lowest BCUT2D eigenvalue weighted by Gasteiger charge is -2.11. The number of halogens is 2. The topological polar surface area (TPSA) is 78.3 Å². The number of nitrogens with zero attached hydrogens (tertiary/aromatic N) is 3. The van der Waals surface area contributed by atoms with Gasteiger partial charge in [0.1, 0.15) is 12.7 Å². The number of carbonyl (C=O) groups is 1. The lowest BCUT2D eigenvalue weighted by molar-refractivity contribution is -0.116. The minimum absolute atomic E-state index is 0.0503. The molecular formula is C22H22F2N4O3. The molecule has 0 aliphatic rings. The average Bonchev–Trinajstić information content (AvgIpc) is 3.26. The molecule has 0 spiro atoms. The third kappa shape index (κ3) is 6.91. The van der Waals surface area contributed by atoms with Gasteiger partial charge in [0, 0.05) is 12.6 Å². The quantitative estimate of drug-likeness (QED) is 0.499. The van der Waals surface area contributed by atoms with Gasteiger partial charge in [0.15, 0.2) is 11.5 Å². The fraction of sp³-hybridized carbons (Fsp3) is 0.227. The smallest absolute Gasteiger partial charge is 0.387 e. The Morgan fingerprint density at radius 3 is 2.61 bits per heavy atom. The summed E-state index contributed by atoms with van der Waals surface area (Å²) >= 11 is 0. The van der Waals surface area contributed by atoms with Crippen LogP contribution in [0.5, 0.6) is 11.5 Å². The lowest BCUT2D eigenvalue weighted by atomic mass is 10.1. The van der Waals surface area contributed by atoms with Crippen molar-refractivity contribution >= 4 is 12.0 Å². The van der Waals surface area contributed by atoms with Gasteiger partial charge < -0.3 is 14.8 Å². The molecule has 0 aliphatic carbocycles. The minimum Gasteiger partial charge on any atom is -0.490 e. The molecular weight excluding hydrogens is 406 g/mol. The van der Waals surface area contributed by atoms with Gasteiger partial charge >= 0.3 is 6.61 Å². The van der Waals surface area contributed by atoms with Crippen molar-refractivity contribution in [2.75, 3.05) is 6.61 Å². The first kappa shape index (κ1) is 21.9. The summed E-state index contributed by atoms with van der Waals surface area (Å²) in [6.07, 6.45) is 6.08. The Morgan fingerprint density at radius 2 is 1.94 bits per heavy atom. The summed E-state index contributed by atoms with van der Waals surface area (Å²) in [5.41, 5.74) is 2.65. The molecule has 9 heteroatoms. The van der Waals surface area contributed by atoms with Crippen LogP contribution < -0.4 is 14.8 Å². The number of nitrogens with one attached hydrogen (secondary N) is 1. The van der Waals surface area contributed by atoms with Crippen molar-refractivity contribution in [2.45, 2.75) is 26.6 Å². The molecule has 0 aliphatic heterocycles. The molecule has 1 amide bonds. The summed E-state index contributed by atoms with van der Waals surface area (Å²) in [6.45, 7) is 0.0926. The van der Waals surface area contributed by atoms with E-state index in [2.05, 4.69) is 20.1 Å². The van der Waals surface area contributed by atoms with E-state index in [4.69, 9.17) is 4.74 Å². The van der Waals surface area contributed by atoms with Gasteiger partial charge in [0.05, 0.1) is 13.2 Å². The van der Waals surface area contributed by atoms with E-state index in [-0.39, 0.29) is 17.4 Å². The largest absolute Gasteiger partial charge is 0.490 e. The predicted octanol–water partition coefficient (Wildman–Crippen LogP) is 3.66. The van der Waals surface area contributed by atoms with Gasteiger partial charge in [-0.3, -0.25) is 4.79 Å². The molecule has 162 valence electrons. The van der Waals surface area contributed by atoms with Crippen LogP contribution in [-0.4, -0.2) is 33.9 Å². The van der Waals surface area contributed by atoms with Crippen molar-refractivity contribution < 1.29 is 23.0 Å². The van der Waals surface area contributed by atoms with Crippen molar-refractivity contribution in [1.29, 1.82) is 0 Å². The van der Waals surface area contributed by atoms with Crippen molar-refractivity contribution in [3.63, 3.8) is 0 Å². The Kier molecular flexibility index (Phi) is 7.69. The number of alkyl halides is 2. The van der Waals surface area contributed by atoms with Crippen molar-refractivity contribution in [1.82, 2.24) is 20.1 Å². The predicted molar refractivity (Wildman–Crippen MR) is 111 cm³/mol. The van der Waals surface area contributed by atoms with Crippen LogP contribution in [0.3, 0.4) is 0 Å². The molecule has 3 aromatic rings. The summed E-state index contributed by atoms with van der Waals surface area (Å²) in [4.78, 5) is 16.0. The number of amides is 1. The van der Waals surface area contributed by atoms with Crippen LogP contribution in [0, 0.1) is 0 Å². The van der Waals surface area contributed by atoms with Crippen LogP contribution >= 0.6 is 0 Å². The maximum Gasteiger partial charge on any atom is 0.387 e. The van der Waals surface area contributed by atoms with Gasteiger partial charge in [-0.05, 0) is 41.8 Å². The molecule has 0 saturated heterocycles. The van der Waals surface area contributed by atoms with Gasteiger partial charge in [-0.25, -0.2) is 9.67 Å². The van der Waals surface area contributed by atoms with Crippen LogP contribution in [0.4, 0.5) is 8.78 Å². The molecule has 1 heterocycles. The highest BCUT2D eigenvalue weighted by Gasteiger charge is 2.11. The maximum atomic E-state index is 12.5. The third-order valence-electron chi connectivity index (χ3n) is 4.21. The third-order valence-corrected chi connectivity index (χ3v) is 4.21. The summed E-state index contributed by atoms with van der Waals surface area (Å²) in [7, 11) is 0. The molecule has 7 nitrogen and oxygen atoms in total. The van der Waals surface area contributed by atoms with E-state index in [0.717, 1.165) is 11.1 Å². The fourth-order valence-corrected chi connectivity index (χ4v) is 2.77. The first-order valence-electron chi connectivity index (χ1n) is 9.61. The Balaban J connectivity index is 1.53. The van der Waals surface area contributed by atoms with E-state index >= 15 is 0 Å². The Bertz CT molecular complexity index is 1010. The van der Waals surface area contributed by atoms with Gasteiger partial charge in [-0.2, -0.15) is 13.9 Å². The zero-order valence-electron chi connectivity index (χ0n) is 16.9.